The summed E-state index contributed by atoms with van der Waals surface area (Å²) < 4.78 is 10.9. The number of rotatable bonds is 1. The Balaban J connectivity index is 1.88. The molecular formula is C8H14O2. The molecule has 2 heteroatoms. The molecule has 0 aromatic carbocycles. The van der Waals surface area contributed by atoms with Crippen LogP contribution in [0.5, 0.6) is 0 Å². The van der Waals surface area contributed by atoms with E-state index in [0.717, 1.165) is 13.0 Å². The number of ether oxygens (including phenoxy) is 2. The molecule has 10 heavy (non-hydrogen) atoms. The van der Waals surface area contributed by atoms with Crippen molar-refractivity contribution in [2.75, 3.05) is 6.61 Å². The van der Waals surface area contributed by atoms with Crippen molar-refractivity contribution >= 4 is 0 Å². The summed E-state index contributed by atoms with van der Waals surface area (Å²) in [5.41, 5.74) is 0. The second-order valence-electron chi connectivity index (χ2n) is 3.56. The highest BCUT2D eigenvalue weighted by Gasteiger charge is 2.45. The number of epoxide rings is 1. The number of hydrogen-bond acceptors (Lipinski definition) is 2. The van der Waals surface area contributed by atoms with Crippen molar-refractivity contribution in [1.29, 1.82) is 0 Å². The Labute approximate surface area is 61.5 Å². The van der Waals surface area contributed by atoms with Crippen molar-refractivity contribution in [2.24, 2.45) is 5.92 Å². The summed E-state index contributed by atoms with van der Waals surface area (Å²) in [6.07, 6.45) is 2.56. The lowest BCUT2D eigenvalue weighted by atomic mass is 9.99. The normalized spacial score (nSPS) is 45.3. The summed E-state index contributed by atoms with van der Waals surface area (Å²) in [4.78, 5) is 0. The molecule has 0 amide bonds. The first-order valence-corrected chi connectivity index (χ1v) is 4.04. The molecular weight excluding hydrogens is 128 g/mol. The zero-order chi connectivity index (χ0) is 7.14. The SMILES string of the molecule is CC(C)C1CC2OC2CO1. The zero-order valence-corrected chi connectivity index (χ0v) is 6.54. The van der Waals surface area contributed by atoms with Gasteiger partial charge in [-0.25, -0.2) is 0 Å². The fourth-order valence-electron chi connectivity index (χ4n) is 1.51. The Morgan fingerprint density at radius 3 is 2.70 bits per heavy atom. The van der Waals surface area contributed by atoms with Crippen LogP contribution in [0.4, 0.5) is 0 Å². The van der Waals surface area contributed by atoms with Gasteiger partial charge in [-0.05, 0) is 5.92 Å². The van der Waals surface area contributed by atoms with Gasteiger partial charge in [0.15, 0.2) is 0 Å². The Morgan fingerprint density at radius 1 is 1.30 bits per heavy atom. The third-order valence-electron chi connectivity index (χ3n) is 2.37. The molecule has 2 aliphatic rings. The zero-order valence-electron chi connectivity index (χ0n) is 6.54. The fraction of sp³-hybridized carbons (Fsp3) is 1.00. The summed E-state index contributed by atoms with van der Waals surface area (Å²) in [6.45, 7) is 5.23. The summed E-state index contributed by atoms with van der Waals surface area (Å²) in [5.74, 6) is 0.644. The molecule has 2 aliphatic heterocycles. The van der Waals surface area contributed by atoms with Crippen molar-refractivity contribution in [2.45, 2.75) is 38.6 Å². The van der Waals surface area contributed by atoms with Crippen molar-refractivity contribution in [3.63, 3.8) is 0 Å². The van der Waals surface area contributed by atoms with Gasteiger partial charge in [0.25, 0.3) is 0 Å². The average molecular weight is 142 g/mol. The molecule has 0 N–H and O–H groups in total. The lowest BCUT2D eigenvalue weighted by molar-refractivity contribution is 0.00120. The van der Waals surface area contributed by atoms with Crippen LogP contribution in [-0.2, 0) is 9.47 Å². The minimum atomic E-state index is 0.448. The van der Waals surface area contributed by atoms with E-state index in [0.29, 0.717) is 24.2 Å². The second kappa shape index (κ2) is 2.21. The largest absolute Gasteiger partial charge is 0.375 e. The highest BCUT2D eigenvalue weighted by Crippen LogP contribution is 2.34. The van der Waals surface area contributed by atoms with Crippen LogP contribution in [0.25, 0.3) is 0 Å². The van der Waals surface area contributed by atoms with Gasteiger partial charge in [0, 0.05) is 6.42 Å². The molecule has 2 heterocycles. The van der Waals surface area contributed by atoms with Crippen LogP contribution >= 0.6 is 0 Å². The highest BCUT2D eigenvalue weighted by molar-refractivity contribution is 4.91. The van der Waals surface area contributed by atoms with E-state index in [-0.39, 0.29) is 0 Å². The number of fused-ring (bicyclic) bond motifs is 1. The van der Waals surface area contributed by atoms with Crippen LogP contribution in [0.1, 0.15) is 20.3 Å². The minimum absolute atomic E-state index is 0.448. The molecule has 2 fully saturated rings. The van der Waals surface area contributed by atoms with Gasteiger partial charge in [0.2, 0.25) is 0 Å². The first kappa shape index (κ1) is 6.62. The van der Waals surface area contributed by atoms with Gasteiger partial charge in [-0.3, -0.25) is 0 Å². The average Bonchev–Trinajstić information content (AvgIpc) is 2.63. The van der Waals surface area contributed by atoms with Crippen molar-refractivity contribution in [3.05, 3.63) is 0 Å². The Morgan fingerprint density at radius 2 is 2.10 bits per heavy atom. The van der Waals surface area contributed by atoms with E-state index in [1.165, 1.54) is 0 Å². The maximum atomic E-state index is 5.57. The summed E-state index contributed by atoms with van der Waals surface area (Å²) in [7, 11) is 0. The lowest BCUT2D eigenvalue weighted by Gasteiger charge is -2.22. The molecule has 0 aliphatic carbocycles. The van der Waals surface area contributed by atoms with Gasteiger partial charge < -0.3 is 9.47 Å². The topological polar surface area (TPSA) is 21.8 Å². The van der Waals surface area contributed by atoms with Gasteiger partial charge in [-0.2, -0.15) is 0 Å². The second-order valence-corrected chi connectivity index (χ2v) is 3.56. The predicted molar refractivity (Wildman–Crippen MR) is 37.9 cm³/mol. The van der Waals surface area contributed by atoms with Crippen LogP contribution in [0.3, 0.4) is 0 Å². The van der Waals surface area contributed by atoms with Gasteiger partial charge in [0.05, 0.1) is 18.8 Å². The van der Waals surface area contributed by atoms with E-state index in [9.17, 15) is 0 Å². The van der Waals surface area contributed by atoms with Gasteiger partial charge >= 0.3 is 0 Å². The molecule has 58 valence electrons. The molecule has 0 aromatic heterocycles. The van der Waals surface area contributed by atoms with Crippen LogP contribution < -0.4 is 0 Å². The molecule has 0 spiro atoms. The van der Waals surface area contributed by atoms with Crippen molar-refractivity contribution in [1.82, 2.24) is 0 Å². The third kappa shape index (κ3) is 1.06. The summed E-state index contributed by atoms with van der Waals surface area (Å²) in [6, 6.07) is 0. The first-order chi connectivity index (χ1) is 4.77. The predicted octanol–water partition coefficient (Wildman–Crippen LogP) is 1.20. The first-order valence-electron chi connectivity index (χ1n) is 4.04. The molecule has 2 saturated heterocycles. The smallest absolute Gasteiger partial charge is 0.108 e. The maximum absolute atomic E-state index is 5.57. The fourth-order valence-corrected chi connectivity index (χ4v) is 1.51. The molecule has 0 saturated carbocycles. The summed E-state index contributed by atoms with van der Waals surface area (Å²) >= 11 is 0. The highest BCUT2D eigenvalue weighted by atomic mass is 16.6. The molecule has 0 bridgehead atoms. The minimum Gasteiger partial charge on any atom is -0.375 e. The van der Waals surface area contributed by atoms with Crippen LogP contribution in [0, 0.1) is 5.92 Å². The lowest BCUT2D eigenvalue weighted by Crippen LogP contribution is -2.29. The molecule has 0 aromatic rings. The standard InChI is InChI=1S/C8H14O2/c1-5(2)6-3-7-8(10-7)4-9-6/h5-8H,3-4H2,1-2H3. The van der Waals surface area contributed by atoms with Gasteiger partial charge in [-0.15, -0.1) is 0 Å². The van der Waals surface area contributed by atoms with E-state index >= 15 is 0 Å². The van der Waals surface area contributed by atoms with E-state index in [1.807, 2.05) is 0 Å². The van der Waals surface area contributed by atoms with Gasteiger partial charge in [-0.1, -0.05) is 13.8 Å². The molecule has 3 atom stereocenters. The maximum Gasteiger partial charge on any atom is 0.108 e. The molecule has 2 nitrogen and oxygen atoms in total. The monoisotopic (exact) mass is 142 g/mol. The van der Waals surface area contributed by atoms with E-state index in [1.54, 1.807) is 0 Å². The Kier molecular flexibility index (Phi) is 1.46. The van der Waals surface area contributed by atoms with Crippen LogP contribution in [0.15, 0.2) is 0 Å². The quantitative estimate of drug-likeness (QED) is 0.513. The van der Waals surface area contributed by atoms with Crippen LogP contribution in [0.2, 0.25) is 0 Å². The van der Waals surface area contributed by atoms with Gasteiger partial charge in [0.1, 0.15) is 6.10 Å². The molecule has 2 rings (SSSR count). The number of hydrogen-bond donors (Lipinski definition) is 0. The van der Waals surface area contributed by atoms with E-state index in [4.69, 9.17) is 9.47 Å². The molecule has 3 unspecified atom stereocenters. The van der Waals surface area contributed by atoms with Crippen molar-refractivity contribution < 1.29 is 9.47 Å². The van der Waals surface area contributed by atoms with Crippen LogP contribution in [-0.4, -0.2) is 24.9 Å². The van der Waals surface area contributed by atoms with E-state index in [2.05, 4.69) is 13.8 Å². The third-order valence-corrected chi connectivity index (χ3v) is 2.37. The van der Waals surface area contributed by atoms with Crippen molar-refractivity contribution in [3.8, 4) is 0 Å². The Hall–Kier alpha value is -0.0800. The van der Waals surface area contributed by atoms with E-state index < -0.39 is 0 Å². The summed E-state index contributed by atoms with van der Waals surface area (Å²) in [5, 5.41) is 0. The Bertz CT molecular complexity index is 133. The molecule has 0 radical (unpaired) electrons.